The molecule has 3 N–H and O–H groups in total. The predicted molar refractivity (Wildman–Crippen MR) is 69.5 cm³/mol. The molecule has 0 aromatic carbocycles. The number of nitrogens with zero attached hydrogens (tertiary/aromatic N) is 1. The highest BCUT2D eigenvalue weighted by Gasteiger charge is 2.36. The van der Waals surface area contributed by atoms with Crippen LogP contribution in [0.15, 0.2) is 18.5 Å². The van der Waals surface area contributed by atoms with Gasteiger partial charge in [0.2, 0.25) is 0 Å². The summed E-state index contributed by atoms with van der Waals surface area (Å²) in [7, 11) is 0. The molecule has 1 aliphatic rings. The van der Waals surface area contributed by atoms with Crippen molar-refractivity contribution < 1.29 is 5.11 Å². The quantitative estimate of drug-likeness (QED) is 0.826. The van der Waals surface area contributed by atoms with Gasteiger partial charge in [0.25, 0.3) is 0 Å². The van der Waals surface area contributed by atoms with Gasteiger partial charge < -0.3 is 10.8 Å². The molecule has 3 nitrogen and oxygen atoms in total. The Bertz CT molecular complexity index is 394. The fourth-order valence-electron chi connectivity index (χ4n) is 2.78. The number of nitrogens with two attached hydrogens (primary N) is 1. The Labute approximate surface area is 103 Å². The van der Waals surface area contributed by atoms with Gasteiger partial charge in [-0.3, -0.25) is 4.98 Å². The van der Waals surface area contributed by atoms with Crippen LogP contribution in [0.2, 0.25) is 0 Å². The van der Waals surface area contributed by atoms with E-state index in [0.717, 1.165) is 30.5 Å². The molecule has 3 atom stereocenters. The molecule has 0 radical (unpaired) electrons. The van der Waals surface area contributed by atoms with Gasteiger partial charge in [-0.2, -0.15) is 0 Å². The van der Waals surface area contributed by atoms with Crippen molar-refractivity contribution in [3.05, 3.63) is 24.0 Å². The van der Waals surface area contributed by atoms with E-state index in [4.69, 9.17) is 5.73 Å². The Morgan fingerprint density at radius 1 is 1.47 bits per heavy atom. The van der Waals surface area contributed by atoms with E-state index in [9.17, 15) is 5.11 Å². The van der Waals surface area contributed by atoms with E-state index in [-0.39, 0.29) is 0 Å². The van der Waals surface area contributed by atoms with Gasteiger partial charge in [0.1, 0.15) is 0 Å². The molecular formula is C14H22N2O. The van der Waals surface area contributed by atoms with Gasteiger partial charge in [0, 0.05) is 24.5 Å². The first kappa shape index (κ1) is 12.4. The van der Waals surface area contributed by atoms with Crippen LogP contribution in [-0.4, -0.2) is 15.7 Å². The molecule has 0 spiro atoms. The lowest BCUT2D eigenvalue weighted by Crippen LogP contribution is -2.39. The third kappa shape index (κ3) is 2.78. The second-order valence-electron chi connectivity index (χ2n) is 5.67. The van der Waals surface area contributed by atoms with Gasteiger partial charge in [-0.05, 0) is 42.7 Å². The average Bonchev–Trinajstić information content (AvgIpc) is 2.28. The Morgan fingerprint density at radius 3 is 2.88 bits per heavy atom. The molecule has 94 valence electrons. The summed E-state index contributed by atoms with van der Waals surface area (Å²) >= 11 is 0. The SMILES string of the molecule is CC1CCC(O)(Cc2cnccc2N)CC1C. The summed E-state index contributed by atoms with van der Waals surface area (Å²) < 4.78 is 0. The van der Waals surface area contributed by atoms with E-state index in [1.807, 2.05) is 0 Å². The lowest BCUT2D eigenvalue weighted by molar-refractivity contribution is -0.0279. The molecule has 1 aromatic rings. The minimum atomic E-state index is -0.594. The lowest BCUT2D eigenvalue weighted by atomic mass is 9.71. The Balaban J connectivity index is 2.10. The van der Waals surface area contributed by atoms with Crippen molar-refractivity contribution in [2.24, 2.45) is 11.8 Å². The van der Waals surface area contributed by atoms with Gasteiger partial charge >= 0.3 is 0 Å². The molecule has 1 fully saturated rings. The van der Waals surface area contributed by atoms with E-state index in [2.05, 4.69) is 18.8 Å². The summed E-state index contributed by atoms with van der Waals surface area (Å²) in [6.45, 7) is 4.49. The van der Waals surface area contributed by atoms with Crippen LogP contribution in [-0.2, 0) is 6.42 Å². The van der Waals surface area contributed by atoms with Gasteiger partial charge in [-0.1, -0.05) is 13.8 Å². The highest BCUT2D eigenvalue weighted by atomic mass is 16.3. The molecule has 1 saturated carbocycles. The van der Waals surface area contributed by atoms with E-state index in [0.29, 0.717) is 18.3 Å². The van der Waals surface area contributed by atoms with Crippen molar-refractivity contribution in [1.82, 2.24) is 4.98 Å². The van der Waals surface area contributed by atoms with E-state index in [1.165, 1.54) is 0 Å². The summed E-state index contributed by atoms with van der Waals surface area (Å²) in [5.74, 6) is 1.29. The number of hydrogen-bond acceptors (Lipinski definition) is 3. The minimum absolute atomic E-state index is 0.576. The molecule has 1 aromatic heterocycles. The maximum absolute atomic E-state index is 10.7. The first-order valence-corrected chi connectivity index (χ1v) is 6.41. The molecule has 0 amide bonds. The second kappa shape index (κ2) is 4.65. The molecule has 0 bridgehead atoms. The normalized spacial score (nSPS) is 33.6. The maximum atomic E-state index is 10.7. The third-order valence-electron chi connectivity index (χ3n) is 4.20. The van der Waals surface area contributed by atoms with Crippen LogP contribution >= 0.6 is 0 Å². The molecular weight excluding hydrogens is 212 g/mol. The smallest absolute Gasteiger partial charge is 0.0692 e. The second-order valence-corrected chi connectivity index (χ2v) is 5.67. The number of anilines is 1. The van der Waals surface area contributed by atoms with Gasteiger partial charge in [0.05, 0.1) is 5.60 Å². The summed E-state index contributed by atoms with van der Waals surface area (Å²) in [4.78, 5) is 4.08. The average molecular weight is 234 g/mol. The Kier molecular flexibility index (Phi) is 3.38. The summed E-state index contributed by atoms with van der Waals surface area (Å²) in [6, 6.07) is 1.80. The highest BCUT2D eigenvalue weighted by Crippen LogP contribution is 2.38. The van der Waals surface area contributed by atoms with Crippen molar-refractivity contribution in [1.29, 1.82) is 0 Å². The Hall–Kier alpha value is -1.09. The van der Waals surface area contributed by atoms with E-state index >= 15 is 0 Å². The molecule has 2 rings (SSSR count). The van der Waals surface area contributed by atoms with Crippen molar-refractivity contribution in [2.45, 2.75) is 45.1 Å². The Morgan fingerprint density at radius 2 is 2.24 bits per heavy atom. The van der Waals surface area contributed by atoms with Crippen molar-refractivity contribution in [2.75, 3.05) is 5.73 Å². The van der Waals surface area contributed by atoms with Gasteiger partial charge in [-0.25, -0.2) is 0 Å². The highest BCUT2D eigenvalue weighted by molar-refractivity contribution is 5.45. The number of nitrogen functional groups attached to an aromatic ring is 1. The molecule has 0 aliphatic heterocycles. The van der Waals surface area contributed by atoms with Crippen LogP contribution in [0.3, 0.4) is 0 Å². The molecule has 3 unspecified atom stereocenters. The van der Waals surface area contributed by atoms with Gasteiger partial charge in [-0.15, -0.1) is 0 Å². The fourth-order valence-corrected chi connectivity index (χ4v) is 2.78. The first-order chi connectivity index (χ1) is 8.00. The number of aromatic nitrogens is 1. The van der Waals surface area contributed by atoms with Crippen LogP contribution in [0, 0.1) is 11.8 Å². The van der Waals surface area contributed by atoms with E-state index < -0.39 is 5.60 Å². The predicted octanol–water partition coefficient (Wildman–Crippen LogP) is 2.39. The zero-order chi connectivity index (χ0) is 12.5. The summed E-state index contributed by atoms with van der Waals surface area (Å²) in [5.41, 5.74) is 7.02. The van der Waals surface area contributed by atoms with Crippen molar-refractivity contribution >= 4 is 5.69 Å². The standard InChI is InChI=1S/C14H22N2O/c1-10-3-5-14(17,7-11(10)2)8-12-9-16-6-4-13(12)15/h4,6,9-11,17H,3,5,7-8H2,1-2H3,(H2,15,16). The van der Waals surface area contributed by atoms with Crippen molar-refractivity contribution in [3.63, 3.8) is 0 Å². The molecule has 3 heteroatoms. The topological polar surface area (TPSA) is 59.1 Å². The van der Waals surface area contributed by atoms with Crippen LogP contribution < -0.4 is 5.73 Å². The van der Waals surface area contributed by atoms with Crippen molar-refractivity contribution in [3.8, 4) is 0 Å². The monoisotopic (exact) mass is 234 g/mol. The number of pyridine rings is 1. The first-order valence-electron chi connectivity index (χ1n) is 6.41. The zero-order valence-corrected chi connectivity index (χ0v) is 10.7. The lowest BCUT2D eigenvalue weighted by Gasteiger charge is -2.39. The molecule has 0 saturated heterocycles. The van der Waals surface area contributed by atoms with Crippen LogP contribution in [0.5, 0.6) is 0 Å². The summed E-state index contributed by atoms with van der Waals surface area (Å²) in [5, 5.41) is 10.7. The third-order valence-corrected chi connectivity index (χ3v) is 4.20. The number of hydrogen-bond donors (Lipinski definition) is 2. The van der Waals surface area contributed by atoms with E-state index in [1.54, 1.807) is 18.5 Å². The minimum Gasteiger partial charge on any atom is -0.398 e. The largest absolute Gasteiger partial charge is 0.398 e. The fraction of sp³-hybridized carbons (Fsp3) is 0.643. The van der Waals surface area contributed by atoms with Crippen LogP contribution in [0.1, 0.15) is 38.7 Å². The zero-order valence-electron chi connectivity index (χ0n) is 10.7. The number of aliphatic hydroxyl groups is 1. The van der Waals surface area contributed by atoms with Crippen LogP contribution in [0.25, 0.3) is 0 Å². The summed E-state index contributed by atoms with van der Waals surface area (Å²) in [6.07, 6.45) is 6.92. The molecule has 1 aliphatic carbocycles. The van der Waals surface area contributed by atoms with Crippen LogP contribution in [0.4, 0.5) is 5.69 Å². The molecule has 17 heavy (non-hydrogen) atoms. The maximum Gasteiger partial charge on any atom is 0.0692 e. The number of rotatable bonds is 2. The molecule has 1 heterocycles. The van der Waals surface area contributed by atoms with Gasteiger partial charge in [0.15, 0.2) is 0 Å².